The number of aliphatic imine (C=N–C) groups is 1. The van der Waals surface area contributed by atoms with Crippen molar-refractivity contribution in [2.45, 2.75) is 43.9 Å². The molecule has 146 valence electrons. The number of nitrogens with one attached hydrogen (secondary N) is 1. The van der Waals surface area contributed by atoms with Gasteiger partial charge in [-0.3, -0.25) is 4.79 Å². The average Bonchev–Trinajstić information content (AvgIpc) is 3.29. The zero-order valence-electron chi connectivity index (χ0n) is 15.6. The molecular formula is C20H22N4O3S. The lowest BCUT2D eigenvalue weighted by atomic mass is 9.67. The summed E-state index contributed by atoms with van der Waals surface area (Å²) in [5.41, 5.74) is 7.13. The molecule has 1 fully saturated rings. The van der Waals surface area contributed by atoms with E-state index >= 15 is 0 Å². The van der Waals surface area contributed by atoms with Crippen molar-refractivity contribution in [1.29, 1.82) is 0 Å². The van der Waals surface area contributed by atoms with E-state index in [1.165, 1.54) is 6.26 Å². The van der Waals surface area contributed by atoms with Crippen LogP contribution in [-0.4, -0.2) is 34.0 Å². The van der Waals surface area contributed by atoms with E-state index in [9.17, 15) is 4.79 Å². The van der Waals surface area contributed by atoms with Gasteiger partial charge in [0, 0.05) is 30.2 Å². The number of hydrogen-bond donors (Lipinski definition) is 2. The highest BCUT2D eigenvalue weighted by atomic mass is 32.2. The number of nitrogens with zero attached hydrogens (tertiary/aromatic N) is 2. The van der Waals surface area contributed by atoms with Crippen molar-refractivity contribution in [3.05, 3.63) is 47.7 Å². The molecule has 5 rings (SSSR count). The largest absolute Gasteiger partial charge is 0.490 e. The topological polar surface area (TPSA) is 103 Å². The third-order valence-electron chi connectivity index (χ3n) is 5.97. The van der Waals surface area contributed by atoms with Crippen LogP contribution in [0.1, 0.15) is 41.2 Å². The Kier molecular flexibility index (Phi) is 4.12. The Morgan fingerprint density at radius 1 is 1.36 bits per heavy atom. The zero-order valence-corrected chi connectivity index (χ0v) is 16.4. The molecule has 4 atom stereocenters. The minimum atomic E-state index is -0.387. The van der Waals surface area contributed by atoms with Crippen molar-refractivity contribution in [2.24, 2.45) is 16.6 Å². The molecule has 2 aromatic rings. The fourth-order valence-corrected chi connectivity index (χ4v) is 5.74. The molecular weight excluding hydrogens is 376 g/mol. The maximum atomic E-state index is 12.5. The summed E-state index contributed by atoms with van der Waals surface area (Å²) < 4.78 is 11.5. The van der Waals surface area contributed by atoms with Crippen molar-refractivity contribution in [3.8, 4) is 5.75 Å². The summed E-state index contributed by atoms with van der Waals surface area (Å²) in [6, 6.07) is 8.16. The fourth-order valence-electron chi connectivity index (χ4n) is 4.71. The predicted octanol–water partition coefficient (Wildman–Crippen LogP) is 2.60. The van der Waals surface area contributed by atoms with E-state index in [4.69, 9.17) is 19.9 Å². The number of fused-ring (bicyclic) bond motifs is 4. The van der Waals surface area contributed by atoms with Crippen LogP contribution in [0.5, 0.6) is 5.75 Å². The van der Waals surface area contributed by atoms with E-state index in [1.807, 2.05) is 18.2 Å². The normalized spacial score (nSPS) is 30.9. The van der Waals surface area contributed by atoms with Crippen LogP contribution in [0.25, 0.3) is 0 Å². The van der Waals surface area contributed by atoms with Crippen LogP contribution in [0.3, 0.4) is 0 Å². The Morgan fingerprint density at radius 3 is 2.96 bits per heavy atom. The number of amidine groups is 1. The lowest BCUT2D eigenvalue weighted by molar-refractivity contribution is 0.0155. The number of aryl methyl sites for hydroxylation is 1. The Labute approximate surface area is 167 Å². The first-order valence-corrected chi connectivity index (χ1v) is 10.5. The number of oxazole rings is 1. The smallest absolute Gasteiger partial charge is 0.273 e. The van der Waals surface area contributed by atoms with E-state index < -0.39 is 0 Å². The molecule has 1 aromatic carbocycles. The molecule has 1 aliphatic carbocycles. The summed E-state index contributed by atoms with van der Waals surface area (Å²) in [7, 11) is 0. The Balaban J connectivity index is 1.43. The highest BCUT2D eigenvalue weighted by Gasteiger charge is 2.54. The number of benzene rings is 1. The standard InChI is InChI=1S/C20H22N4O3S/c1-11-22-15(9-26-11)18(25)23-12-6-7-17-14(8-12)20(10-28-19(21)24-20)13-4-2-3-5-16(13)27-17/h2-5,9,12,14,17H,6-8,10H2,1H3,(H2,21,24)(H,23,25). The molecule has 3 N–H and O–H groups in total. The van der Waals surface area contributed by atoms with Crippen LogP contribution >= 0.6 is 11.8 Å². The lowest BCUT2D eigenvalue weighted by Crippen LogP contribution is -2.54. The summed E-state index contributed by atoms with van der Waals surface area (Å²) in [5, 5.41) is 3.74. The molecule has 3 heterocycles. The van der Waals surface area contributed by atoms with Gasteiger partial charge in [0.05, 0.1) is 0 Å². The van der Waals surface area contributed by atoms with Crippen LogP contribution < -0.4 is 15.8 Å². The van der Waals surface area contributed by atoms with E-state index in [0.29, 0.717) is 16.8 Å². The van der Waals surface area contributed by atoms with Crippen molar-refractivity contribution >= 4 is 22.8 Å². The van der Waals surface area contributed by atoms with Gasteiger partial charge in [-0.25, -0.2) is 9.98 Å². The minimum Gasteiger partial charge on any atom is -0.490 e. The third kappa shape index (κ3) is 2.78. The molecule has 8 heteroatoms. The SMILES string of the molecule is Cc1nc(C(=O)NC2CCC3Oc4ccccc4C4(CSC(N)=N4)C3C2)co1. The van der Waals surface area contributed by atoms with Crippen molar-refractivity contribution in [2.75, 3.05) is 5.75 Å². The maximum Gasteiger partial charge on any atom is 0.273 e. The molecule has 4 unspecified atom stereocenters. The minimum absolute atomic E-state index is 0.0403. The Hall–Kier alpha value is -2.48. The average molecular weight is 398 g/mol. The summed E-state index contributed by atoms with van der Waals surface area (Å²) in [6.45, 7) is 1.72. The number of rotatable bonds is 2. The Bertz CT molecular complexity index is 958. The van der Waals surface area contributed by atoms with Gasteiger partial charge in [-0.1, -0.05) is 30.0 Å². The van der Waals surface area contributed by atoms with Crippen molar-refractivity contribution in [1.82, 2.24) is 10.3 Å². The molecule has 0 saturated heterocycles. The summed E-state index contributed by atoms with van der Waals surface area (Å²) >= 11 is 1.60. The first-order valence-electron chi connectivity index (χ1n) is 9.52. The van der Waals surface area contributed by atoms with E-state index in [-0.39, 0.29) is 29.5 Å². The number of para-hydroxylation sites is 1. The van der Waals surface area contributed by atoms with Crippen LogP contribution in [-0.2, 0) is 5.54 Å². The number of thioether (sulfide) groups is 1. The van der Waals surface area contributed by atoms with Crippen LogP contribution in [0.15, 0.2) is 39.9 Å². The number of aromatic nitrogens is 1. The maximum absolute atomic E-state index is 12.5. The molecule has 7 nitrogen and oxygen atoms in total. The molecule has 1 saturated carbocycles. The predicted molar refractivity (Wildman–Crippen MR) is 106 cm³/mol. The molecule has 0 bridgehead atoms. The van der Waals surface area contributed by atoms with E-state index in [2.05, 4.69) is 16.4 Å². The van der Waals surface area contributed by atoms with E-state index in [1.54, 1.807) is 18.7 Å². The second-order valence-corrected chi connectivity index (χ2v) is 8.65. The second-order valence-electron chi connectivity index (χ2n) is 7.66. The molecule has 1 aromatic heterocycles. The van der Waals surface area contributed by atoms with Gasteiger partial charge in [0.2, 0.25) is 0 Å². The van der Waals surface area contributed by atoms with Crippen molar-refractivity contribution in [3.63, 3.8) is 0 Å². The van der Waals surface area contributed by atoms with Gasteiger partial charge in [0.25, 0.3) is 5.91 Å². The van der Waals surface area contributed by atoms with Gasteiger partial charge in [0.1, 0.15) is 23.7 Å². The molecule has 3 aliphatic rings. The summed E-state index contributed by atoms with van der Waals surface area (Å²) in [4.78, 5) is 21.6. The highest BCUT2D eigenvalue weighted by molar-refractivity contribution is 8.14. The highest BCUT2D eigenvalue weighted by Crippen LogP contribution is 2.54. The molecule has 1 spiro atoms. The van der Waals surface area contributed by atoms with Gasteiger partial charge in [-0.2, -0.15) is 0 Å². The number of amides is 1. The van der Waals surface area contributed by atoms with Gasteiger partial charge >= 0.3 is 0 Å². The summed E-state index contributed by atoms with van der Waals surface area (Å²) in [5.74, 6) is 2.16. The third-order valence-corrected chi connectivity index (χ3v) is 6.94. The Morgan fingerprint density at radius 2 is 2.21 bits per heavy atom. The first kappa shape index (κ1) is 17.6. The monoisotopic (exact) mass is 398 g/mol. The molecule has 28 heavy (non-hydrogen) atoms. The number of nitrogens with two attached hydrogens (primary N) is 1. The quantitative estimate of drug-likeness (QED) is 0.806. The number of carbonyl (C=O) groups is 1. The molecule has 2 aliphatic heterocycles. The zero-order chi connectivity index (χ0) is 19.3. The molecule has 1 amide bonds. The van der Waals surface area contributed by atoms with E-state index in [0.717, 1.165) is 36.3 Å². The number of carbonyl (C=O) groups excluding carboxylic acids is 1. The summed E-state index contributed by atoms with van der Waals surface area (Å²) in [6.07, 6.45) is 3.99. The number of ether oxygens (including phenoxy) is 1. The van der Waals surface area contributed by atoms with Crippen LogP contribution in [0.4, 0.5) is 0 Å². The van der Waals surface area contributed by atoms with Gasteiger partial charge in [0.15, 0.2) is 16.8 Å². The number of hydrogen-bond acceptors (Lipinski definition) is 7. The van der Waals surface area contributed by atoms with Crippen molar-refractivity contribution < 1.29 is 13.9 Å². The van der Waals surface area contributed by atoms with Gasteiger partial charge in [-0.15, -0.1) is 0 Å². The first-order chi connectivity index (χ1) is 13.5. The second kappa shape index (κ2) is 6.55. The molecule has 0 radical (unpaired) electrons. The van der Waals surface area contributed by atoms with Crippen LogP contribution in [0.2, 0.25) is 0 Å². The van der Waals surface area contributed by atoms with Gasteiger partial charge < -0.3 is 20.2 Å². The van der Waals surface area contributed by atoms with Crippen LogP contribution in [0, 0.1) is 12.8 Å². The lowest BCUT2D eigenvalue weighted by Gasteiger charge is -2.48. The fraction of sp³-hybridized carbons (Fsp3) is 0.450. The van der Waals surface area contributed by atoms with Gasteiger partial charge in [-0.05, 0) is 25.3 Å².